The van der Waals surface area contributed by atoms with Crippen LogP contribution in [0.5, 0.6) is 0 Å². The Kier molecular flexibility index (Phi) is 3.43. The fraction of sp³-hybridized carbons (Fsp3) is 0.900. The minimum atomic E-state index is -0.191. The zero-order valence-electron chi connectivity index (χ0n) is 8.95. The monoisotopic (exact) mass is 213 g/mol. The van der Waals surface area contributed by atoms with Crippen LogP contribution in [0.15, 0.2) is 0 Å². The lowest BCUT2D eigenvalue weighted by atomic mass is 9.98. The van der Waals surface area contributed by atoms with E-state index in [1.54, 1.807) is 4.90 Å². The van der Waals surface area contributed by atoms with Crippen molar-refractivity contribution < 1.29 is 9.53 Å². The first-order valence-corrected chi connectivity index (χ1v) is 5.66. The number of cyclic esters (lactones) is 1. The Labute approximate surface area is 89.9 Å². The average molecular weight is 213 g/mol. The number of amides is 1. The topological polar surface area (TPSA) is 67.6 Å². The smallest absolute Gasteiger partial charge is 0.410 e. The first kappa shape index (κ1) is 10.7. The first-order chi connectivity index (χ1) is 7.29. The van der Waals surface area contributed by atoms with E-state index in [2.05, 4.69) is 5.32 Å². The van der Waals surface area contributed by atoms with Crippen molar-refractivity contribution in [3.63, 3.8) is 0 Å². The van der Waals surface area contributed by atoms with Gasteiger partial charge in [0.2, 0.25) is 0 Å². The second-order valence-electron chi connectivity index (χ2n) is 4.34. The Morgan fingerprint density at radius 3 is 2.80 bits per heavy atom. The van der Waals surface area contributed by atoms with Crippen LogP contribution in [0.1, 0.15) is 12.8 Å². The summed E-state index contributed by atoms with van der Waals surface area (Å²) in [6, 6.07) is 0. The maximum Gasteiger partial charge on any atom is 0.410 e. The summed E-state index contributed by atoms with van der Waals surface area (Å²) in [5, 5.41) is 3.32. The van der Waals surface area contributed by atoms with E-state index >= 15 is 0 Å². The molecule has 15 heavy (non-hydrogen) atoms. The van der Waals surface area contributed by atoms with Gasteiger partial charge in [-0.1, -0.05) is 0 Å². The summed E-state index contributed by atoms with van der Waals surface area (Å²) in [6.07, 6.45) is 2.01. The largest absolute Gasteiger partial charge is 0.443 e. The number of hydrogen-bond acceptors (Lipinski definition) is 4. The van der Waals surface area contributed by atoms with Gasteiger partial charge in [-0.05, 0) is 31.8 Å². The van der Waals surface area contributed by atoms with E-state index in [9.17, 15) is 4.79 Å². The molecule has 1 amide bonds. The van der Waals surface area contributed by atoms with Crippen molar-refractivity contribution in [3.8, 4) is 0 Å². The summed E-state index contributed by atoms with van der Waals surface area (Å²) in [5.41, 5.74) is 5.48. The average Bonchev–Trinajstić information content (AvgIpc) is 2.61. The van der Waals surface area contributed by atoms with Crippen molar-refractivity contribution in [2.24, 2.45) is 11.7 Å². The molecule has 0 aromatic heterocycles. The molecule has 2 saturated heterocycles. The number of rotatable bonds is 3. The molecule has 0 spiro atoms. The summed E-state index contributed by atoms with van der Waals surface area (Å²) < 4.78 is 5.11. The molecule has 0 aromatic rings. The van der Waals surface area contributed by atoms with E-state index in [1.807, 2.05) is 0 Å². The number of nitrogens with one attached hydrogen (secondary N) is 1. The van der Waals surface area contributed by atoms with Gasteiger partial charge in [-0.15, -0.1) is 0 Å². The fourth-order valence-electron chi connectivity index (χ4n) is 2.22. The van der Waals surface area contributed by atoms with Crippen molar-refractivity contribution in [2.75, 3.05) is 32.7 Å². The molecule has 5 nitrogen and oxygen atoms in total. The van der Waals surface area contributed by atoms with Crippen molar-refractivity contribution in [1.82, 2.24) is 10.2 Å². The summed E-state index contributed by atoms with van der Waals surface area (Å²) in [6.45, 7) is 4.05. The normalized spacial score (nSPS) is 28.2. The first-order valence-electron chi connectivity index (χ1n) is 5.66. The minimum Gasteiger partial charge on any atom is -0.443 e. The second kappa shape index (κ2) is 4.81. The third kappa shape index (κ3) is 2.60. The number of nitrogens with two attached hydrogens (primary N) is 1. The summed E-state index contributed by atoms with van der Waals surface area (Å²) in [7, 11) is 0. The molecule has 2 aliphatic heterocycles. The summed E-state index contributed by atoms with van der Waals surface area (Å²) in [4.78, 5) is 13.2. The minimum absolute atomic E-state index is 0.0979. The van der Waals surface area contributed by atoms with Gasteiger partial charge in [0.25, 0.3) is 0 Å². The maximum absolute atomic E-state index is 11.4. The maximum atomic E-state index is 11.4. The Balaban J connectivity index is 1.81. The Hall–Kier alpha value is -0.810. The van der Waals surface area contributed by atoms with E-state index in [4.69, 9.17) is 10.5 Å². The zero-order valence-corrected chi connectivity index (χ0v) is 8.95. The molecule has 2 rings (SSSR count). The lowest BCUT2D eigenvalue weighted by Crippen LogP contribution is -2.37. The second-order valence-corrected chi connectivity index (χ2v) is 4.34. The zero-order chi connectivity index (χ0) is 10.7. The molecule has 0 aliphatic carbocycles. The standard InChI is InChI=1S/C10H19N3O2/c11-5-9-7-13(10(14)15-9)6-8-1-3-12-4-2-8/h8-9,12H,1-7,11H2/t9-/m0/s1. The lowest BCUT2D eigenvalue weighted by Gasteiger charge is -2.25. The molecule has 2 fully saturated rings. The molecular weight excluding hydrogens is 194 g/mol. The number of hydrogen-bond donors (Lipinski definition) is 2. The number of nitrogens with zero attached hydrogens (tertiary/aromatic N) is 1. The molecule has 0 bridgehead atoms. The highest BCUT2D eigenvalue weighted by Gasteiger charge is 2.31. The number of piperidine rings is 1. The van der Waals surface area contributed by atoms with Crippen molar-refractivity contribution >= 4 is 6.09 Å². The molecule has 0 saturated carbocycles. The molecule has 2 heterocycles. The van der Waals surface area contributed by atoms with Gasteiger partial charge in [0.1, 0.15) is 6.10 Å². The van der Waals surface area contributed by atoms with Gasteiger partial charge >= 0.3 is 6.09 Å². The fourth-order valence-corrected chi connectivity index (χ4v) is 2.22. The van der Waals surface area contributed by atoms with Crippen LogP contribution in [0.4, 0.5) is 4.79 Å². The van der Waals surface area contributed by atoms with Gasteiger partial charge < -0.3 is 20.7 Å². The number of carbonyl (C=O) groups excluding carboxylic acids is 1. The van der Waals surface area contributed by atoms with Gasteiger partial charge in [-0.25, -0.2) is 4.79 Å². The Morgan fingerprint density at radius 2 is 2.20 bits per heavy atom. The highest BCUT2D eigenvalue weighted by molar-refractivity contribution is 5.69. The van der Waals surface area contributed by atoms with Gasteiger partial charge in [-0.2, -0.15) is 0 Å². The summed E-state index contributed by atoms with van der Waals surface area (Å²) in [5.74, 6) is 0.621. The molecule has 0 unspecified atom stereocenters. The molecule has 3 N–H and O–H groups in total. The van der Waals surface area contributed by atoms with Crippen LogP contribution < -0.4 is 11.1 Å². The summed E-state index contributed by atoms with van der Waals surface area (Å²) >= 11 is 0. The van der Waals surface area contributed by atoms with Gasteiger partial charge in [0.15, 0.2) is 0 Å². The third-order valence-electron chi connectivity index (χ3n) is 3.15. The predicted molar refractivity (Wildman–Crippen MR) is 56.5 cm³/mol. The third-order valence-corrected chi connectivity index (χ3v) is 3.15. The number of carbonyl (C=O) groups is 1. The van der Waals surface area contributed by atoms with Crippen LogP contribution in [-0.2, 0) is 4.74 Å². The van der Waals surface area contributed by atoms with Crippen LogP contribution >= 0.6 is 0 Å². The van der Waals surface area contributed by atoms with Crippen LogP contribution in [0, 0.1) is 5.92 Å². The SMILES string of the molecule is NC[C@H]1CN(CC2CCNCC2)C(=O)O1. The van der Waals surface area contributed by atoms with Gasteiger partial charge in [-0.3, -0.25) is 0 Å². The highest BCUT2D eigenvalue weighted by atomic mass is 16.6. The number of ether oxygens (including phenoxy) is 1. The van der Waals surface area contributed by atoms with E-state index in [0.717, 1.165) is 32.5 Å². The van der Waals surface area contributed by atoms with Crippen LogP contribution in [0.3, 0.4) is 0 Å². The van der Waals surface area contributed by atoms with Crippen LogP contribution in [0.2, 0.25) is 0 Å². The van der Waals surface area contributed by atoms with E-state index in [0.29, 0.717) is 19.0 Å². The molecule has 86 valence electrons. The predicted octanol–water partition coefficient (Wildman–Crippen LogP) is -0.234. The van der Waals surface area contributed by atoms with E-state index in [1.165, 1.54) is 0 Å². The Bertz CT molecular complexity index is 229. The van der Waals surface area contributed by atoms with E-state index < -0.39 is 0 Å². The molecule has 2 aliphatic rings. The quantitative estimate of drug-likeness (QED) is 0.679. The lowest BCUT2D eigenvalue weighted by molar-refractivity contribution is 0.132. The van der Waals surface area contributed by atoms with Gasteiger partial charge in [0, 0.05) is 13.1 Å². The van der Waals surface area contributed by atoms with Crippen LogP contribution in [0.25, 0.3) is 0 Å². The molecule has 1 atom stereocenters. The Morgan fingerprint density at radius 1 is 1.47 bits per heavy atom. The van der Waals surface area contributed by atoms with Crippen molar-refractivity contribution in [3.05, 3.63) is 0 Å². The van der Waals surface area contributed by atoms with Crippen molar-refractivity contribution in [1.29, 1.82) is 0 Å². The van der Waals surface area contributed by atoms with Crippen molar-refractivity contribution in [2.45, 2.75) is 18.9 Å². The van der Waals surface area contributed by atoms with Crippen LogP contribution in [-0.4, -0.2) is 49.8 Å². The van der Waals surface area contributed by atoms with E-state index in [-0.39, 0.29) is 12.2 Å². The van der Waals surface area contributed by atoms with Gasteiger partial charge in [0.05, 0.1) is 6.54 Å². The molecule has 5 heteroatoms. The molecule has 0 aromatic carbocycles. The molecule has 0 radical (unpaired) electrons. The highest BCUT2D eigenvalue weighted by Crippen LogP contribution is 2.17. The molecular formula is C10H19N3O2.